The summed E-state index contributed by atoms with van der Waals surface area (Å²) in [6, 6.07) is 19.4. The van der Waals surface area contributed by atoms with Gasteiger partial charge >= 0.3 is 5.97 Å². The van der Waals surface area contributed by atoms with Gasteiger partial charge in [-0.25, -0.2) is 4.79 Å². The SMILES string of the molecule is Cc1cc(OC(=O)c2cccc(Cl)c2)cc2c1C(=O)/C(=C/C=C/c1ccccc1)O2. The number of ketones is 1. The number of benzene rings is 3. The molecule has 0 aromatic heterocycles. The van der Waals surface area contributed by atoms with Gasteiger partial charge in [0.15, 0.2) is 5.76 Å². The Kier molecular flexibility index (Phi) is 5.50. The van der Waals surface area contributed by atoms with Crippen LogP contribution in [-0.2, 0) is 0 Å². The number of allylic oxidation sites excluding steroid dienone is 3. The van der Waals surface area contributed by atoms with E-state index in [-0.39, 0.29) is 11.5 Å². The maximum absolute atomic E-state index is 12.7. The van der Waals surface area contributed by atoms with Gasteiger partial charge in [-0.2, -0.15) is 0 Å². The molecule has 0 fully saturated rings. The molecule has 1 aliphatic heterocycles. The lowest BCUT2D eigenvalue weighted by atomic mass is 10.0. The molecular formula is C25H17ClO4. The number of hydrogen-bond donors (Lipinski definition) is 0. The Hall–Kier alpha value is -3.63. The van der Waals surface area contributed by atoms with Gasteiger partial charge in [-0.3, -0.25) is 4.79 Å². The highest BCUT2D eigenvalue weighted by atomic mass is 35.5. The molecule has 0 saturated heterocycles. The van der Waals surface area contributed by atoms with Gasteiger partial charge in [0, 0.05) is 11.1 Å². The molecule has 0 N–H and O–H groups in total. The van der Waals surface area contributed by atoms with Crippen LogP contribution in [0.25, 0.3) is 6.08 Å². The van der Waals surface area contributed by atoms with E-state index in [1.165, 1.54) is 6.07 Å². The van der Waals surface area contributed by atoms with Crippen LogP contribution in [0, 0.1) is 6.92 Å². The quantitative estimate of drug-likeness (QED) is 0.295. The third-order valence-corrected chi connectivity index (χ3v) is 4.79. The van der Waals surface area contributed by atoms with E-state index in [2.05, 4.69) is 0 Å². The van der Waals surface area contributed by atoms with Gasteiger partial charge < -0.3 is 9.47 Å². The van der Waals surface area contributed by atoms with Crippen molar-refractivity contribution in [1.29, 1.82) is 0 Å². The first-order chi connectivity index (χ1) is 14.5. The van der Waals surface area contributed by atoms with Crippen molar-refractivity contribution < 1.29 is 19.1 Å². The summed E-state index contributed by atoms with van der Waals surface area (Å²) >= 11 is 5.93. The lowest BCUT2D eigenvalue weighted by Gasteiger charge is -2.08. The van der Waals surface area contributed by atoms with E-state index in [9.17, 15) is 9.59 Å². The molecule has 0 radical (unpaired) electrons. The molecule has 0 atom stereocenters. The first-order valence-electron chi connectivity index (χ1n) is 9.29. The lowest BCUT2D eigenvalue weighted by Crippen LogP contribution is -2.08. The van der Waals surface area contributed by atoms with Crippen molar-refractivity contribution in [3.63, 3.8) is 0 Å². The monoisotopic (exact) mass is 416 g/mol. The third kappa shape index (κ3) is 4.19. The lowest BCUT2D eigenvalue weighted by molar-refractivity contribution is 0.0734. The summed E-state index contributed by atoms with van der Waals surface area (Å²) in [4.78, 5) is 25.1. The van der Waals surface area contributed by atoms with Crippen molar-refractivity contribution in [3.05, 3.63) is 112 Å². The highest BCUT2D eigenvalue weighted by molar-refractivity contribution is 6.30. The summed E-state index contributed by atoms with van der Waals surface area (Å²) < 4.78 is 11.2. The Balaban J connectivity index is 1.54. The van der Waals surface area contributed by atoms with Crippen LogP contribution >= 0.6 is 11.6 Å². The number of aryl methyl sites for hydroxylation is 1. The van der Waals surface area contributed by atoms with Crippen LogP contribution < -0.4 is 9.47 Å². The number of Topliss-reactive ketones (excluding diaryl/α,β-unsaturated/α-hetero) is 1. The van der Waals surface area contributed by atoms with Crippen LogP contribution in [0.1, 0.15) is 31.8 Å². The Morgan fingerprint density at radius 2 is 1.83 bits per heavy atom. The van der Waals surface area contributed by atoms with Crippen LogP contribution in [0.3, 0.4) is 0 Å². The van der Waals surface area contributed by atoms with Gasteiger partial charge in [0.05, 0.1) is 11.1 Å². The fourth-order valence-electron chi connectivity index (χ4n) is 3.14. The summed E-state index contributed by atoms with van der Waals surface area (Å²) in [5.41, 5.74) is 2.49. The summed E-state index contributed by atoms with van der Waals surface area (Å²) in [6.07, 6.45) is 5.29. The summed E-state index contributed by atoms with van der Waals surface area (Å²) in [7, 11) is 0. The Bertz CT molecular complexity index is 1190. The van der Waals surface area contributed by atoms with Crippen molar-refractivity contribution in [2.24, 2.45) is 0 Å². The van der Waals surface area contributed by atoms with Crippen molar-refractivity contribution in [3.8, 4) is 11.5 Å². The van der Waals surface area contributed by atoms with Crippen LogP contribution in [0.5, 0.6) is 11.5 Å². The molecule has 0 amide bonds. The molecule has 0 bridgehead atoms. The standard InChI is InChI=1S/C25H17ClO4/c1-16-13-20(29-25(28)18-10-6-11-19(26)14-18)15-22-23(16)24(27)21(30-22)12-5-9-17-7-3-2-4-8-17/h2-15H,1H3/b9-5+,21-12-. The molecule has 30 heavy (non-hydrogen) atoms. The number of hydrogen-bond acceptors (Lipinski definition) is 4. The minimum Gasteiger partial charge on any atom is -0.452 e. The molecule has 1 aliphatic rings. The summed E-state index contributed by atoms with van der Waals surface area (Å²) in [5, 5.41) is 0.446. The highest BCUT2D eigenvalue weighted by Gasteiger charge is 2.30. The molecule has 0 saturated carbocycles. The second kappa shape index (κ2) is 8.39. The van der Waals surface area contributed by atoms with E-state index in [4.69, 9.17) is 21.1 Å². The van der Waals surface area contributed by atoms with Crippen molar-refractivity contribution in [2.45, 2.75) is 6.92 Å². The fourth-order valence-corrected chi connectivity index (χ4v) is 3.33. The number of fused-ring (bicyclic) bond motifs is 1. The second-order valence-electron chi connectivity index (χ2n) is 6.75. The first kappa shape index (κ1) is 19.7. The number of esters is 1. The van der Waals surface area contributed by atoms with Gasteiger partial charge in [-0.1, -0.05) is 60.2 Å². The molecule has 5 heteroatoms. The van der Waals surface area contributed by atoms with E-state index in [1.54, 1.807) is 49.4 Å². The molecular weight excluding hydrogens is 400 g/mol. The van der Waals surface area contributed by atoms with E-state index in [0.717, 1.165) is 5.56 Å². The maximum atomic E-state index is 12.7. The van der Waals surface area contributed by atoms with E-state index in [0.29, 0.717) is 33.2 Å². The van der Waals surface area contributed by atoms with Gasteiger partial charge in [0.1, 0.15) is 11.5 Å². The van der Waals surface area contributed by atoms with E-state index >= 15 is 0 Å². The van der Waals surface area contributed by atoms with Gasteiger partial charge in [0.2, 0.25) is 5.78 Å². The van der Waals surface area contributed by atoms with Crippen LogP contribution in [0.4, 0.5) is 0 Å². The zero-order valence-electron chi connectivity index (χ0n) is 16.1. The molecule has 3 aromatic rings. The number of carbonyl (C=O) groups excluding carboxylic acids is 2. The van der Waals surface area contributed by atoms with Crippen molar-refractivity contribution >= 4 is 29.4 Å². The van der Waals surface area contributed by atoms with Crippen LogP contribution in [0.15, 0.2) is 84.6 Å². The number of carbonyl (C=O) groups is 2. The third-order valence-electron chi connectivity index (χ3n) is 4.55. The molecule has 1 heterocycles. The fraction of sp³-hybridized carbons (Fsp3) is 0.0400. The predicted molar refractivity (Wildman–Crippen MR) is 116 cm³/mol. The van der Waals surface area contributed by atoms with E-state index < -0.39 is 5.97 Å². The molecule has 0 spiro atoms. The molecule has 0 aliphatic carbocycles. The van der Waals surface area contributed by atoms with Gasteiger partial charge in [-0.15, -0.1) is 0 Å². The number of rotatable bonds is 4. The Labute approximate surface area is 179 Å². The van der Waals surface area contributed by atoms with Gasteiger partial charge in [-0.05, 0) is 48.4 Å². The normalized spacial score (nSPS) is 14.1. The maximum Gasteiger partial charge on any atom is 0.343 e. The minimum absolute atomic E-state index is 0.201. The minimum atomic E-state index is -0.539. The highest BCUT2D eigenvalue weighted by Crippen LogP contribution is 2.37. The van der Waals surface area contributed by atoms with Crippen LogP contribution in [-0.4, -0.2) is 11.8 Å². The number of halogens is 1. The summed E-state index contributed by atoms with van der Waals surface area (Å²) in [5.74, 6) is 0.146. The molecule has 4 rings (SSSR count). The van der Waals surface area contributed by atoms with Crippen molar-refractivity contribution in [1.82, 2.24) is 0 Å². The topological polar surface area (TPSA) is 52.6 Å². The molecule has 148 valence electrons. The van der Waals surface area contributed by atoms with Crippen molar-refractivity contribution in [2.75, 3.05) is 0 Å². The predicted octanol–water partition coefficient (Wildman–Crippen LogP) is 6.04. The second-order valence-corrected chi connectivity index (χ2v) is 7.18. The summed E-state index contributed by atoms with van der Waals surface area (Å²) in [6.45, 7) is 1.78. The van der Waals surface area contributed by atoms with Crippen LogP contribution in [0.2, 0.25) is 5.02 Å². The smallest absolute Gasteiger partial charge is 0.343 e. The largest absolute Gasteiger partial charge is 0.452 e. The molecule has 3 aromatic carbocycles. The average molecular weight is 417 g/mol. The average Bonchev–Trinajstić information content (AvgIpc) is 3.04. The zero-order valence-corrected chi connectivity index (χ0v) is 16.8. The van der Waals surface area contributed by atoms with E-state index in [1.807, 2.05) is 36.4 Å². The van der Waals surface area contributed by atoms with Gasteiger partial charge in [0.25, 0.3) is 0 Å². The zero-order chi connectivity index (χ0) is 21.1. The first-order valence-corrected chi connectivity index (χ1v) is 9.67. The Morgan fingerprint density at radius 1 is 1.03 bits per heavy atom. The molecule has 0 unspecified atom stereocenters. The number of ether oxygens (including phenoxy) is 2. The molecule has 4 nitrogen and oxygen atoms in total. The Morgan fingerprint density at radius 3 is 2.60 bits per heavy atom.